The van der Waals surface area contributed by atoms with Crippen LogP contribution in [0.15, 0.2) is 60.1 Å². The summed E-state index contributed by atoms with van der Waals surface area (Å²) < 4.78 is 52.5. The average molecular weight is 380 g/mol. The predicted molar refractivity (Wildman–Crippen MR) is 89.3 cm³/mol. The molecule has 0 fully saturated rings. The molecule has 1 amide bonds. The SMILES string of the molecule is O=C(N[C@@H](c1ccc(C(F)(F)F)cc1)c1ncccc1F)c1cccs1. The number of nitrogens with one attached hydrogen (secondary N) is 1. The molecule has 1 atom stereocenters. The molecule has 134 valence electrons. The highest BCUT2D eigenvalue weighted by atomic mass is 32.1. The maximum atomic E-state index is 14.2. The summed E-state index contributed by atoms with van der Waals surface area (Å²) in [5.41, 5.74) is -0.608. The van der Waals surface area contributed by atoms with E-state index in [1.807, 2.05) is 0 Å². The zero-order valence-electron chi connectivity index (χ0n) is 13.1. The quantitative estimate of drug-likeness (QED) is 0.660. The van der Waals surface area contributed by atoms with E-state index >= 15 is 0 Å². The summed E-state index contributed by atoms with van der Waals surface area (Å²) >= 11 is 1.20. The highest BCUT2D eigenvalue weighted by Crippen LogP contribution is 2.31. The summed E-state index contributed by atoms with van der Waals surface area (Å²) in [7, 11) is 0. The van der Waals surface area contributed by atoms with Gasteiger partial charge in [-0.1, -0.05) is 18.2 Å². The molecular weight excluding hydrogens is 368 g/mol. The number of halogens is 4. The fourth-order valence-corrected chi connectivity index (χ4v) is 3.02. The first kappa shape index (κ1) is 18.1. The number of alkyl halides is 3. The van der Waals surface area contributed by atoms with Gasteiger partial charge in [0.1, 0.15) is 11.5 Å². The molecule has 0 saturated carbocycles. The van der Waals surface area contributed by atoms with Gasteiger partial charge in [-0.3, -0.25) is 9.78 Å². The lowest BCUT2D eigenvalue weighted by molar-refractivity contribution is -0.137. The summed E-state index contributed by atoms with van der Waals surface area (Å²) in [6, 6.07) is 9.02. The summed E-state index contributed by atoms with van der Waals surface area (Å²) in [6.45, 7) is 0. The van der Waals surface area contributed by atoms with E-state index < -0.39 is 29.5 Å². The van der Waals surface area contributed by atoms with Gasteiger partial charge in [0.2, 0.25) is 0 Å². The molecule has 3 aromatic rings. The molecule has 3 rings (SSSR count). The molecule has 0 radical (unpaired) electrons. The van der Waals surface area contributed by atoms with Crippen molar-refractivity contribution >= 4 is 17.2 Å². The third kappa shape index (κ3) is 3.91. The van der Waals surface area contributed by atoms with Crippen LogP contribution in [0.1, 0.15) is 32.5 Å². The predicted octanol–water partition coefficient (Wildman–Crippen LogP) is 4.82. The highest BCUT2D eigenvalue weighted by Gasteiger charge is 2.31. The van der Waals surface area contributed by atoms with Crippen LogP contribution in [0.5, 0.6) is 0 Å². The van der Waals surface area contributed by atoms with Gasteiger partial charge in [-0.25, -0.2) is 4.39 Å². The summed E-state index contributed by atoms with van der Waals surface area (Å²) in [5, 5.41) is 4.35. The van der Waals surface area contributed by atoms with Crippen LogP contribution in [0, 0.1) is 5.82 Å². The van der Waals surface area contributed by atoms with Crippen LogP contribution in [0.3, 0.4) is 0 Å². The van der Waals surface area contributed by atoms with E-state index in [1.165, 1.54) is 41.8 Å². The standard InChI is InChI=1S/C18H12F4N2OS/c19-13-3-1-9-23-16(13)15(24-17(25)14-4-2-10-26-14)11-5-7-12(8-6-11)18(20,21)22/h1-10,15H,(H,24,25)/t15-/m0/s1. The fourth-order valence-electron chi connectivity index (χ4n) is 2.39. The van der Waals surface area contributed by atoms with Crippen molar-refractivity contribution in [3.8, 4) is 0 Å². The Hall–Kier alpha value is -2.74. The monoisotopic (exact) mass is 380 g/mol. The molecule has 2 aromatic heterocycles. The number of pyridine rings is 1. The van der Waals surface area contributed by atoms with Gasteiger partial charge in [-0.15, -0.1) is 11.3 Å². The van der Waals surface area contributed by atoms with Crippen LogP contribution in [0.4, 0.5) is 17.6 Å². The number of aromatic nitrogens is 1. The summed E-state index contributed by atoms with van der Waals surface area (Å²) in [5.74, 6) is -1.13. The lowest BCUT2D eigenvalue weighted by Gasteiger charge is -2.19. The van der Waals surface area contributed by atoms with E-state index in [4.69, 9.17) is 0 Å². The maximum absolute atomic E-state index is 14.2. The molecular formula is C18H12F4N2OS. The molecule has 0 unspecified atom stereocenters. The van der Waals surface area contributed by atoms with Crippen molar-refractivity contribution in [1.82, 2.24) is 10.3 Å². The second-order valence-electron chi connectivity index (χ2n) is 5.37. The number of benzene rings is 1. The maximum Gasteiger partial charge on any atom is 0.416 e. The van der Waals surface area contributed by atoms with Crippen molar-refractivity contribution < 1.29 is 22.4 Å². The number of carbonyl (C=O) groups is 1. The summed E-state index contributed by atoms with van der Waals surface area (Å²) in [6.07, 6.45) is -3.13. The van der Waals surface area contributed by atoms with Gasteiger partial charge < -0.3 is 5.32 Å². The van der Waals surface area contributed by atoms with Gasteiger partial charge in [0.15, 0.2) is 0 Å². The van der Waals surface area contributed by atoms with E-state index in [0.717, 1.165) is 12.1 Å². The molecule has 1 N–H and O–H groups in total. The molecule has 0 aliphatic carbocycles. The Labute approximate surface area is 150 Å². The molecule has 8 heteroatoms. The topological polar surface area (TPSA) is 42.0 Å². The minimum Gasteiger partial charge on any atom is -0.339 e. The fraction of sp³-hybridized carbons (Fsp3) is 0.111. The largest absolute Gasteiger partial charge is 0.416 e. The molecule has 0 bridgehead atoms. The van der Waals surface area contributed by atoms with Crippen molar-refractivity contribution in [1.29, 1.82) is 0 Å². The van der Waals surface area contributed by atoms with Gasteiger partial charge >= 0.3 is 6.18 Å². The Morgan fingerprint density at radius 2 is 1.81 bits per heavy atom. The molecule has 0 spiro atoms. The molecule has 3 nitrogen and oxygen atoms in total. The van der Waals surface area contributed by atoms with E-state index in [1.54, 1.807) is 17.5 Å². The van der Waals surface area contributed by atoms with Crippen molar-refractivity contribution in [2.24, 2.45) is 0 Å². The lowest BCUT2D eigenvalue weighted by Crippen LogP contribution is -2.30. The molecule has 26 heavy (non-hydrogen) atoms. The first-order valence-corrected chi connectivity index (χ1v) is 8.36. The number of rotatable bonds is 4. The Morgan fingerprint density at radius 3 is 2.38 bits per heavy atom. The van der Waals surface area contributed by atoms with Crippen LogP contribution in [-0.4, -0.2) is 10.9 Å². The smallest absolute Gasteiger partial charge is 0.339 e. The number of carbonyl (C=O) groups excluding carboxylic acids is 1. The zero-order chi connectivity index (χ0) is 18.7. The van der Waals surface area contributed by atoms with Crippen LogP contribution < -0.4 is 5.32 Å². The number of nitrogens with zero attached hydrogens (tertiary/aromatic N) is 1. The van der Waals surface area contributed by atoms with Gasteiger partial charge in [0, 0.05) is 6.20 Å². The molecule has 2 heterocycles. The highest BCUT2D eigenvalue weighted by molar-refractivity contribution is 7.12. The van der Waals surface area contributed by atoms with Gasteiger partial charge in [-0.05, 0) is 41.3 Å². The molecule has 0 aliphatic rings. The molecule has 0 saturated heterocycles. The Morgan fingerprint density at radius 1 is 1.08 bits per heavy atom. The van der Waals surface area contributed by atoms with Crippen molar-refractivity contribution in [3.05, 3.63) is 87.6 Å². The first-order chi connectivity index (χ1) is 12.4. The van der Waals surface area contributed by atoms with Crippen molar-refractivity contribution in [2.45, 2.75) is 12.2 Å². The number of hydrogen-bond acceptors (Lipinski definition) is 3. The second kappa shape index (κ2) is 7.25. The van der Waals surface area contributed by atoms with Crippen molar-refractivity contribution in [3.63, 3.8) is 0 Å². The van der Waals surface area contributed by atoms with E-state index in [2.05, 4.69) is 10.3 Å². The first-order valence-electron chi connectivity index (χ1n) is 7.48. The van der Waals surface area contributed by atoms with Gasteiger partial charge in [0.25, 0.3) is 5.91 Å². The van der Waals surface area contributed by atoms with E-state index in [9.17, 15) is 22.4 Å². The Kier molecular flexibility index (Phi) is 5.03. The van der Waals surface area contributed by atoms with Crippen LogP contribution >= 0.6 is 11.3 Å². The number of thiophene rings is 1. The summed E-state index contributed by atoms with van der Waals surface area (Å²) in [4.78, 5) is 16.7. The van der Waals surface area contributed by atoms with E-state index in [-0.39, 0.29) is 5.69 Å². The van der Waals surface area contributed by atoms with Gasteiger partial charge in [-0.2, -0.15) is 13.2 Å². The Bertz CT molecular complexity index is 892. The molecule has 1 aromatic carbocycles. The zero-order valence-corrected chi connectivity index (χ0v) is 13.9. The van der Waals surface area contributed by atoms with Crippen LogP contribution in [-0.2, 0) is 6.18 Å². The van der Waals surface area contributed by atoms with Gasteiger partial charge in [0.05, 0.1) is 16.5 Å². The second-order valence-corrected chi connectivity index (χ2v) is 6.32. The average Bonchev–Trinajstić information content (AvgIpc) is 3.14. The lowest BCUT2D eigenvalue weighted by atomic mass is 10.0. The van der Waals surface area contributed by atoms with E-state index in [0.29, 0.717) is 10.4 Å². The third-order valence-electron chi connectivity index (χ3n) is 3.65. The van der Waals surface area contributed by atoms with Crippen molar-refractivity contribution in [2.75, 3.05) is 0 Å². The Balaban J connectivity index is 1.98. The van der Waals surface area contributed by atoms with Crippen LogP contribution in [0.25, 0.3) is 0 Å². The third-order valence-corrected chi connectivity index (χ3v) is 4.52. The number of amides is 1. The normalized spacial score (nSPS) is 12.6. The van der Waals surface area contributed by atoms with Crippen LogP contribution in [0.2, 0.25) is 0 Å². The molecule has 0 aliphatic heterocycles. The minimum absolute atomic E-state index is 0.0721. The number of hydrogen-bond donors (Lipinski definition) is 1. The minimum atomic E-state index is -4.48.